The molecule has 4 aromatic rings. The van der Waals surface area contributed by atoms with Crippen LogP contribution in [-0.4, -0.2) is 46.9 Å². The molecule has 8 heteroatoms. The Labute approximate surface area is 216 Å². The number of amides is 1. The van der Waals surface area contributed by atoms with Gasteiger partial charge in [0.2, 0.25) is 5.91 Å². The molecule has 7 nitrogen and oxygen atoms in total. The molecule has 0 spiro atoms. The highest BCUT2D eigenvalue weighted by Gasteiger charge is 2.08. The van der Waals surface area contributed by atoms with E-state index in [0.29, 0.717) is 18.8 Å². The molecular formula is C28H30ClN3O4. The van der Waals surface area contributed by atoms with Crippen molar-refractivity contribution in [2.45, 2.75) is 18.9 Å². The lowest BCUT2D eigenvalue weighted by Crippen LogP contribution is -2.32. The van der Waals surface area contributed by atoms with E-state index in [-0.39, 0.29) is 37.1 Å². The van der Waals surface area contributed by atoms with Gasteiger partial charge in [-0.2, -0.15) is 0 Å². The van der Waals surface area contributed by atoms with E-state index in [1.807, 2.05) is 60.7 Å². The number of hydrogen-bond acceptors (Lipinski definition) is 6. The van der Waals surface area contributed by atoms with E-state index < -0.39 is 6.10 Å². The smallest absolute Gasteiger partial charge is 0.230 e. The molecule has 0 bridgehead atoms. The summed E-state index contributed by atoms with van der Waals surface area (Å²) in [6, 6.07) is 25.8. The maximum atomic E-state index is 12.4. The van der Waals surface area contributed by atoms with Gasteiger partial charge >= 0.3 is 0 Å². The first-order valence-electron chi connectivity index (χ1n) is 11.6. The molecule has 188 valence electrons. The Kier molecular flexibility index (Phi) is 10.1. The fourth-order valence-electron chi connectivity index (χ4n) is 3.63. The van der Waals surface area contributed by atoms with Crippen LogP contribution in [-0.2, 0) is 17.6 Å². The number of fused-ring (bicyclic) bond motifs is 1. The summed E-state index contributed by atoms with van der Waals surface area (Å²) in [6.07, 6.45) is 0.370. The van der Waals surface area contributed by atoms with Crippen molar-refractivity contribution in [3.63, 3.8) is 0 Å². The van der Waals surface area contributed by atoms with Gasteiger partial charge in [-0.25, -0.2) is 0 Å². The zero-order valence-electron chi connectivity index (χ0n) is 19.8. The summed E-state index contributed by atoms with van der Waals surface area (Å²) in [5.74, 6) is 0.668. The highest BCUT2D eigenvalue weighted by Crippen LogP contribution is 2.16. The van der Waals surface area contributed by atoms with Crippen molar-refractivity contribution >= 4 is 34.9 Å². The molecule has 4 N–H and O–H groups in total. The summed E-state index contributed by atoms with van der Waals surface area (Å²) >= 11 is 0. The quantitative estimate of drug-likeness (QED) is 0.228. The molecule has 1 amide bonds. The molecule has 0 saturated heterocycles. The summed E-state index contributed by atoms with van der Waals surface area (Å²) in [6.45, 7) is 1.28. The lowest BCUT2D eigenvalue weighted by molar-refractivity contribution is -0.115. The number of para-hydroxylation sites is 1. The average Bonchev–Trinajstić information content (AvgIpc) is 2.87. The second kappa shape index (κ2) is 13.4. The molecule has 0 fully saturated rings. The Morgan fingerprint density at radius 1 is 0.944 bits per heavy atom. The van der Waals surface area contributed by atoms with Gasteiger partial charge in [0.05, 0.1) is 17.6 Å². The van der Waals surface area contributed by atoms with Crippen molar-refractivity contribution in [1.29, 1.82) is 0 Å². The maximum Gasteiger partial charge on any atom is 0.230 e. The second-order valence-electron chi connectivity index (χ2n) is 8.33. The van der Waals surface area contributed by atoms with E-state index in [2.05, 4.69) is 15.6 Å². The minimum absolute atomic E-state index is 0. The zero-order valence-corrected chi connectivity index (χ0v) is 20.6. The van der Waals surface area contributed by atoms with Crippen LogP contribution >= 0.6 is 12.4 Å². The van der Waals surface area contributed by atoms with E-state index in [1.54, 1.807) is 24.3 Å². The van der Waals surface area contributed by atoms with Crippen molar-refractivity contribution in [3.8, 4) is 11.5 Å². The Morgan fingerprint density at radius 2 is 1.69 bits per heavy atom. The third-order valence-electron chi connectivity index (χ3n) is 5.48. The SMILES string of the molecule is Cl.O=C(Cc1ccc2ccccc2n1)Nc1ccc(CCNC[C@H](O)COc2ccc(O)cc2)cc1. The lowest BCUT2D eigenvalue weighted by Gasteiger charge is -2.13. The number of aliphatic hydroxyl groups is 1. The number of phenols is 1. The number of phenolic OH excluding ortho intramolecular Hbond substituents is 1. The van der Waals surface area contributed by atoms with Crippen molar-refractivity contribution in [3.05, 3.63) is 96.2 Å². The standard InChI is InChI=1S/C28H29N3O4.ClH/c32-24-11-13-26(14-12-24)35-19-25(33)18-29-16-15-20-5-8-22(9-6-20)31-28(34)17-23-10-7-21-3-1-2-4-27(21)30-23;/h1-14,25,29,32-33H,15-19H2,(H,31,34);1H/t25-;/m0./s1. The van der Waals surface area contributed by atoms with Gasteiger partial charge in [0.15, 0.2) is 0 Å². The van der Waals surface area contributed by atoms with Gasteiger partial charge in [-0.05, 0) is 67.1 Å². The number of halogens is 1. The van der Waals surface area contributed by atoms with Crippen molar-refractivity contribution in [2.24, 2.45) is 0 Å². The number of aliphatic hydroxyl groups excluding tert-OH is 1. The van der Waals surface area contributed by atoms with Crippen LogP contribution in [0.2, 0.25) is 0 Å². The highest BCUT2D eigenvalue weighted by molar-refractivity contribution is 5.92. The van der Waals surface area contributed by atoms with Gasteiger partial charge in [-0.3, -0.25) is 9.78 Å². The van der Waals surface area contributed by atoms with Gasteiger partial charge in [0.25, 0.3) is 0 Å². The number of aromatic nitrogens is 1. The van der Waals surface area contributed by atoms with E-state index in [4.69, 9.17) is 4.74 Å². The Bertz CT molecular complexity index is 1250. The predicted octanol–water partition coefficient (Wildman–Crippen LogP) is 4.12. The summed E-state index contributed by atoms with van der Waals surface area (Å²) in [7, 11) is 0. The van der Waals surface area contributed by atoms with Crippen molar-refractivity contribution in [1.82, 2.24) is 10.3 Å². The normalized spacial score (nSPS) is 11.5. The number of carbonyl (C=O) groups is 1. The van der Waals surface area contributed by atoms with Gasteiger partial charge in [0.1, 0.15) is 24.2 Å². The largest absolute Gasteiger partial charge is 0.508 e. The van der Waals surface area contributed by atoms with Crippen LogP contribution in [0.4, 0.5) is 5.69 Å². The lowest BCUT2D eigenvalue weighted by atomic mass is 10.1. The summed E-state index contributed by atoms with van der Waals surface area (Å²) in [4.78, 5) is 17.0. The van der Waals surface area contributed by atoms with Crippen molar-refractivity contribution in [2.75, 3.05) is 25.0 Å². The molecule has 4 rings (SSSR count). The van der Waals surface area contributed by atoms with E-state index in [9.17, 15) is 15.0 Å². The zero-order chi connectivity index (χ0) is 24.5. The van der Waals surface area contributed by atoms with Crippen LogP contribution in [0.1, 0.15) is 11.3 Å². The molecule has 1 heterocycles. The number of anilines is 1. The van der Waals surface area contributed by atoms with Gasteiger partial charge in [-0.15, -0.1) is 12.4 Å². The molecule has 0 aliphatic heterocycles. The minimum atomic E-state index is -0.640. The average molecular weight is 508 g/mol. The third-order valence-corrected chi connectivity index (χ3v) is 5.48. The Hall–Kier alpha value is -3.65. The molecule has 1 aromatic heterocycles. The first-order chi connectivity index (χ1) is 17.0. The van der Waals surface area contributed by atoms with Crippen LogP contribution < -0.4 is 15.4 Å². The Balaban J connectivity index is 0.00000361. The van der Waals surface area contributed by atoms with Crippen molar-refractivity contribution < 1.29 is 19.7 Å². The molecule has 0 aliphatic carbocycles. The van der Waals surface area contributed by atoms with Gasteiger partial charge in [-0.1, -0.05) is 36.4 Å². The number of hydrogen-bond donors (Lipinski definition) is 4. The number of nitrogens with zero attached hydrogens (tertiary/aromatic N) is 1. The van der Waals surface area contributed by atoms with Crippen LogP contribution in [0.5, 0.6) is 11.5 Å². The molecule has 0 radical (unpaired) electrons. The van der Waals surface area contributed by atoms with Crippen LogP contribution in [0.3, 0.4) is 0 Å². The number of pyridine rings is 1. The van der Waals surface area contributed by atoms with Gasteiger partial charge < -0.3 is 25.6 Å². The molecule has 3 aromatic carbocycles. The van der Waals surface area contributed by atoms with E-state index in [1.165, 1.54) is 0 Å². The third kappa shape index (κ3) is 8.23. The number of nitrogens with one attached hydrogen (secondary N) is 2. The van der Waals surface area contributed by atoms with Crippen LogP contribution in [0.25, 0.3) is 10.9 Å². The molecule has 1 atom stereocenters. The highest BCUT2D eigenvalue weighted by atomic mass is 35.5. The topological polar surface area (TPSA) is 104 Å². The maximum absolute atomic E-state index is 12.4. The monoisotopic (exact) mass is 507 g/mol. The minimum Gasteiger partial charge on any atom is -0.508 e. The fraction of sp³-hybridized carbons (Fsp3) is 0.214. The second-order valence-corrected chi connectivity index (χ2v) is 8.33. The first-order valence-corrected chi connectivity index (χ1v) is 11.6. The van der Waals surface area contributed by atoms with Crippen LogP contribution in [0.15, 0.2) is 84.9 Å². The van der Waals surface area contributed by atoms with E-state index >= 15 is 0 Å². The molecule has 0 unspecified atom stereocenters. The first kappa shape index (κ1) is 26.9. The molecule has 36 heavy (non-hydrogen) atoms. The molecule has 0 saturated carbocycles. The van der Waals surface area contributed by atoms with Gasteiger partial charge in [0, 0.05) is 17.6 Å². The number of carbonyl (C=O) groups excluding carboxylic acids is 1. The Morgan fingerprint density at radius 3 is 2.47 bits per heavy atom. The predicted molar refractivity (Wildman–Crippen MR) is 144 cm³/mol. The number of ether oxygens (including phenoxy) is 1. The fourth-order valence-corrected chi connectivity index (χ4v) is 3.63. The number of aromatic hydroxyl groups is 1. The van der Waals surface area contributed by atoms with Crippen LogP contribution in [0, 0.1) is 0 Å². The number of rotatable bonds is 11. The summed E-state index contributed by atoms with van der Waals surface area (Å²) in [5.41, 5.74) is 3.49. The number of benzene rings is 3. The summed E-state index contributed by atoms with van der Waals surface area (Å²) < 4.78 is 5.50. The molecule has 0 aliphatic rings. The van der Waals surface area contributed by atoms with E-state index in [0.717, 1.165) is 34.3 Å². The molecular weight excluding hydrogens is 478 g/mol. The summed E-state index contributed by atoms with van der Waals surface area (Å²) in [5, 5.41) is 26.5.